The van der Waals surface area contributed by atoms with Crippen molar-refractivity contribution in [3.8, 4) is 5.75 Å². The Hall–Kier alpha value is -2.34. The average Bonchev–Trinajstić information content (AvgIpc) is 2.65. The third kappa shape index (κ3) is 5.82. The number of carbonyl (C=O) groups excluding carboxylic acids is 1. The highest BCUT2D eigenvalue weighted by Gasteiger charge is 2.14. The Kier molecular flexibility index (Phi) is 7.02. The number of rotatable bonds is 8. The number of para-hydroxylation sites is 1. The monoisotopic (exact) mass is 389 g/mol. The van der Waals surface area contributed by atoms with Crippen LogP contribution in [-0.4, -0.2) is 27.2 Å². The lowest BCUT2D eigenvalue weighted by Crippen LogP contribution is -2.31. The maximum atomic E-state index is 12.2. The Morgan fingerprint density at radius 2 is 1.70 bits per heavy atom. The van der Waals surface area contributed by atoms with Crippen LogP contribution in [0.25, 0.3) is 0 Å². The molecule has 146 valence electrons. The summed E-state index contributed by atoms with van der Waals surface area (Å²) >= 11 is 0. The Bertz CT molecular complexity index is 875. The van der Waals surface area contributed by atoms with E-state index in [0.717, 1.165) is 23.3 Å². The van der Waals surface area contributed by atoms with E-state index in [4.69, 9.17) is 4.74 Å². The van der Waals surface area contributed by atoms with Gasteiger partial charge in [0, 0.05) is 6.26 Å². The Morgan fingerprint density at radius 1 is 1.07 bits per heavy atom. The van der Waals surface area contributed by atoms with Crippen molar-refractivity contribution in [1.82, 2.24) is 5.32 Å². The predicted molar refractivity (Wildman–Crippen MR) is 107 cm³/mol. The third-order valence-electron chi connectivity index (χ3n) is 4.61. The topological polar surface area (TPSA) is 72.5 Å². The molecule has 0 unspecified atom stereocenters. The van der Waals surface area contributed by atoms with Crippen LogP contribution in [-0.2, 0) is 14.6 Å². The summed E-state index contributed by atoms with van der Waals surface area (Å²) in [7, 11) is -3.23. The molecule has 0 saturated heterocycles. The molecule has 0 spiro atoms. The molecular weight excluding hydrogens is 362 g/mol. The van der Waals surface area contributed by atoms with Gasteiger partial charge in [-0.25, -0.2) is 8.42 Å². The summed E-state index contributed by atoms with van der Waals surface area (Å²) < 4.78 is 28.8. The van der Waals surface area contributed by atoms with Crippen molar-refractivity contribution in [3.63, 3.8) is 0 Å². The number of ether oxygens (including phenoxy) is 1. The highest BCUT2D eigenvalue weighted by Crippen LogP contribution is 2.28. The second-order valence-corrected chi connectivity index (χ2v) is 8.78. The first-order valence-corrected chi connectivity index (χ1v) is 10.9. The van der Waals surface area contributed by atoms with Crippen LogP contribution in [0.3, 0.4) is 0 Å². The summed E-state index contributed by atoms with van der Waals surface area (Å²) in [5.41, 5.74) is 1.92. The molecule has 0 aliphatic carbocycles. The highest BCUT2D eigenvalue weighted by atomic mass is 32.2. The first-order valence-electron chi connectivity index (χ1n) is 9.03. The zero-order chi connectivity index (χ0) is 20.0. The fourth-order valence-corrected chi connectivity index (χ4v) is 3.38. The third-order valence-corrected chi connectivity index (χ3v) is 5.74. The summed E-state index contributed by atoms with van der Waals surface area (Å²) in [4.78, 5) is 12.5. The van der Waals surface area contributed by atoms with E-state index in [2.05, 4.69) is 19.2 Å². The molecule has 27 heavy (non-hydrogen) atoms. The van der Waals surface area contributed by atoms with Gasteiger partial charge in [-0.15, -0.1) is 0 Å². The van der Waals surface area contributed by atoms with Crippen LogP contribution in [0, 0.1) is 0 Å². The van der Waals surface area contributed by atoms with Gasteiger partial charge in [0.05, 0.1) is 10.9 Å². The van der Waals surface area contributed by atoms with Crippen molar-refractivity contribution < 1.29 is 17.9 Å². The minimum atomic E-state index is -3.23. The van der Waals surface area contributed by atoms with Gasteiger partial charge >= 0.3 is 0 Å². The second kappa shape index (κ2) is 9.04. The number of sulfone groups is 1. The Morgan fingerprint density at radius 3 is 2.30 bits per heavy atom. The number of benzene rings is 2. The van der Waals surface area contributed by atoms with Crippen molar-refractivity contribution in [2.24, 2.45) is 0 Å². The lowest BCUT2D eigenvalue weighted by atomic mass is 9.98. The van der Waals surface area contributed by atoms with E-state index in [0.29, 0.717) is 5.92 Å². The van der Waals surface area contributed by atoms with Gasteiger partial charge in [-0.2, -0.15) is 0 Å². The van der Waals surface area contributed by atoms with Crippen molar-refractivity contribution in [1.29, 1.82) is 0 Å². The molecule has 0 aromatic heterocycles. The van der Waals surface area contributed by atoms with Gasteiger partial charge < -0.3 is 10.1 Å². The van der Waals surface area contributed by atoms with Crippen LogP contribution >= 0.6 is 0 Å². The lowest BCUT2D eigenvalue weighted by molar-refractivity contribution is -0.123. The molecule has 2 atom stereocenters. The van der Waals surface area contributed by atoms with E-state index in [9.17, 15) is 13.2 Å². The van der Waals surface area contributed by atoms with Gasteiger partial charge in [0.15, 0.2) is 16.4 Å². The smallest absolute Gasteiger partial charge is 0.258 e. The Labute approximate surface area is 161 Å². The molecular formula is C21H27NO4S. The molecule has 0 aliphatic heterocycles. The number of nitrogens with one attached hydrogen (secondary N) is 1. The molecule has 2 aromatic carbocycles. The summed E-state index contributed by atoms with van der Waals surface area (Å²) in [6.45, 7) is 6.02. The fraction of sp³-hybridized carbons (Fsp3) is 0.381. The van der Waals surface area contributed by atoms with E-state index >= 15 is 0 Å². The van der Waals surface area contributed by atoms with Gasteiger partial charge in [0.1, 0.15) is 5.75 Å². The van der Waals surface area contributed by atoms with Gasteiger partial charge in [0.25, 0.3) is 5.91 Å². The molecule has 0 radical (unpaired) electrons. The minimum Gasteiger partial charge on any atom is -0.483 e. The van der Waals surface area contributed by atoms with Crippen molar-refractivity contribution in [2.45, 2.75) is 44.0 Å². The second-order valence-electron chi connectivity index (χ2n) is 6.77. The highest BCUT2D eigenvalue weighted by molar-refractivity contribution is 7.90. The van der Waals surface area contributed by atoms with Crippen LogP contribution in [0.1, 0.15) is 50.3 Å². The molecule has 2 rings (SSSR count). The summed E-state index contributed by atoms with van der Waals surface area (Å²) in [6, 6.07) is 14.0. The average molecular weight is 390 g/mol. The summed E-state index contributed by atoms with van der Waals surface area (Å²) in [5.74, 6) is 0.859. The molecule has 2 aromatic rings. The quantitative estimate of drug-likeness (QED) is 0.744. The van der Waals surface area contributed by atoms with Gasteiger partial charge in [0.2, 0.25) is 0 Å². The molecule has 1 N–H and O–H groups in total. The Balaban J connectivity index is 1.96. The maximum absolute atomic E-state index is 12.2. The van der Waals surface area contributed by atoms with E-state index in [1.165, 1.54) is 6.26 Å². The first-order chi connectivity index (χ1) is 12.7. The zero-order valence-electron chi connectivity index (χ0n) is 16.2. The van der Waals surface area contributed by atoms with E-state index in [1.807, 2.05) is 31.2 Å². The SMILES string of the molecule is CC[C@@H](C)c1ccccc1OCC(=O)N[C@H](C)c1ccc(S(C)(=O)=O)cc1. The molecule has 0 bridgehead atoms. The molecule has 1 amide bonds. The summed E-state index contributed by atoms with van der Waals surface area (Å²) in [5, 5.41) is 2.87. The van der Waals surface area contributed by atoms with Gasteiger partial charge in [-0.3, -0.25) is 4.79 Å². The van der Waals surface area contributed by atoms with Crippen molar-refractivity contribution >= 4 is 15.7 Å². The molecule has 0 aliphatic rings. The normalized spacial score (nSPS) is 13.6. The van der Waals surface area contributed by atoms with E-state index in [1.54, 1.807) is 24.3 Å². The molecule has 0 heterocycles. The molecule has 6 heteroatoms. The van der Waals surface area contributed by atoms with Crippen LogP contribution in [0.5, 0.6) is 5.75 Å². The lowest BCUT2D eigenvalue weighted by Gasteiger charge is -2.17. The number of amides is 1. The van der Waals surface area contributed by atoms with Crippen LogP contribution in [0.15, 0.2) is 53.4 Å². The fourth-order valence-electron chi connectivity index (χ4n) is 2.75. The maximum Gasteiger partial charge on any atom is 0.258 e. The van der Waals surface area contributed by atoms with Crippen LogP contribution in [0.2, 0.25) is 0 Å². The van der Waals surface area contributed by atoms with E-state index in [-0.39, 0.29) is 23.5 Å². The summed E-state index contributed by atoms with van der Waals surface area (Å²) in [6.07, 6.45) is 2.16. The van der Waals surface area contributed by atoms with Crippen molar-refractivity contribution in [2.75, 3.05) is 12.9 Å². The van der Waals surface area contributed by atoms with Gasteiger partial charge in [-0.05, 0) is 48.6 Å². The largest absolute Gasteiger partial charge is 0.483 e. The molecule has 0 saturated carbocycles. The van der Waals surface area contributed by atoms with Gasteiger partial charge in [-0.1, -0.05) is 44.2 Å². The van der Waals surface area contributed by atoms with Crippen LogP contribution < -0.4 is 10.1 Å². The number of hydrogen-bond donors (Lipinski definition) is 1. The predicted octanol–water partition coefficient (Wildman–Crippen LogP) is 3.86. The minimum absolute atomic E-state index is 0.0702. The standard InChI is InChI=1S/C21H27NO4S/c1-5-15(2)19-8-6-7-9-20(19)26-14-21(23)22-16(3)17-10-12-18(13-11-17)27(4,24)25/h6-13,15-16H,5,14H2,1-4H3,(H,22,23)/t15-,16-/m1/s1. The van der Waals surface area contributed by atoms with Crippen molar-refractivity contribution in [3.05, 3.63) is 59.7 Å². The number of carbonyl (C=O) groups is 1. The number of hydrogen-bond acceptors (Lipinski definition) is 4. The van der Waals surface area contributed by atoms with Crippen LogP contribution in [0.4, 0.5) is 0 Å². The molecule has 5 nitrogen and oxygen atoms in total. The molecule has 0 fully saturated rings. The van der Waals surface area contributed by atoms with E-state index < -0.39 is 9.84 Å². The zero-order valence-corrected chi connectivity index (χ0v) is 17.0. The first kappa shape index (κ1) is 21.0.